The van der Waals surface area contributed by atoms with Crippen molar-refractivity contribution in [3.63, 3.8) is 0 Å². The summed E-state index contributed by atoms with van der Waals surface area (Å²) < 4.78 is 36.9. The molecule has 0 aromatic rings. The molecule has 0 bridgehead atoms. The largest absolute Gasteiger partial charge is 1.00 e. The maximum Gasteiger partial charge on any atom is 1.00 e. The summed E-state index contributed by atoms with van der Waals surface area (Å²) in [6.07, 6.45) is 1.93. The normalized spacial score (nSPS) is 21.3. The Morgan fingerprint density at radius 1 is 1.25 bits per heavy atom. The quantitative estimate of drug-likeness (QED) is 0.648. The van der Waals surface area contributed by atoms with Crippen molar-refractivity contribution in [3.05, 3.63) is 12.1 Å². The number of halogens is 3. The topological polar surface area (TPSA) is 3.24 Å². The molecule has 1 aliphatic rings. The molecule has 0 spiro atoms. The molecule has 0 saturated carbocycles. The van der Waals surface area contributed by atoms with Gasteiger partial charge < -0.3 is 17.8 Å². The second kappa shape index (κ2) is 6.38. The first-order valence-electron chi connectivity index (χ1n) is 5.31. The molecule has 1 aliphatic heterocycles. The van der Waals surface area contributed by atoms with E-state index in [9.17, 15) is 12.9 Å². The van der Waals surface area contributed by atoms with Crippen LogP contribution in [0.3, 0.4) is 0 Å². The molecular formula is C10H18BF3KN. The standard InChI is InChI=1S/C10H18BF3N.K/c1-9(11(12,13)14)8-15-6-4-10(2,3)5-7-15;/h1,4-8H2,2-3H3;/q-1;+1. The van der Waals surface area contributed by atoms with Crippen molar-refractivity contribution in [2.75, 3.05) is 19.6 Å². The molecule has 0 amide bonds. The molecule has 0 atom stereocenters. The second-order valence-electron chi connectivity index (χ2n) is 5.17. The summed E-state index contributed by atoms with van der Waals surface area (Å²) in [5.41, 5.74) is -0.295. The fourth-order valence-corrected chi connectivity index (χ4v) is 1.71. The van der Waals surface area contributed by atoms with Crippen LogP contribution in [0.5, 0.6) is 0 Å². The van der Waals surface area contributed by atoms with Crippen LogP contribution in [0.4, 0.5) is 12.9 Å². The van der Waals surface area contributed by atoms with Gasteiger partial charge in [0.2, 0.25) is 0 Å². The third-order valence-electron chi connectivity index (χ3n) is 3.10. The summed E-state index contributed by atoms with van der Waals surface area (Å²) in [6, 6.07) is 0. The summed E-state index contributed by atoms with van der Waals surface area (Å²) in [6.45, 7) is 4.06. The number of hydrogen-bond donors (Lipinski definition) is 0. The molecule has 1 rings (SSSR count). The van der Waals surface area contributed by atoms with E-state index in [0.29, 0.717) is 0 Å². The molecule has 1 nitrogen and oxygen atoms in total. The maximum absolute atomic E-state index is 12.3. The molecule has 0 aliphatic carbocycles. The Kier molecular flexibility index (Phi) is 6.86. The Hall–Kier alpha value is 1.19. The SMILES string of the molecule is C=C(CN1CCC(C)(C)CC1)[B-](F)(F)F.[K+]. The fraction of sp³-hybridized carbons (Fsp3) is 0.800. The molecule has 0 unspecified atom stereocenters. The van der Waals surface area contributed by atoms with Gasteiger partial charge in [-0.05, 0) is 37.9 Å². The van der Waals surface area contributed by atoms with E-state index < -0.39 is 12.4 Å². The number of likely N-dealkylation sites (tertiary alicyclic amines) is 1. The van der Waals surface area contributed by atoms with Crippen molar-refractivity contribution in [1.82, 2.24) is 4.90 Å². The average Bonchev–Trinajstić information content (AvgIpc) is 2.07. The van der Waals surface area contributed by atoms with E-state index in [-0.39, 0.29) is 63.3 Å². The fourth-order valence-electron chi connectivity index (χ4n) is 1.71. The Morgan fingerprint density at radius 2 is 1.69 bits per heavy atom. The van der Waals surface area contributed by atoms with Gasteiger partial charge in [0, 0.05) is 0 Å². The molecule has 88 valence electrons. The van der Waals surface area contributed by atoms with Crippen molar-refractivity contribution in [2.45, 2.75) is 26.7 Å². The van der Waals surface area contributed by atoms with Gasteiger partial charge in [-0.1, -0.05) is 13.8 Å². The van der Waals surface area contributed by atoms with Gasteiger partial charge in [0.15, 0.2) is 0 Å². The molecular weight excluding hydrogens is 241 g/mol. The summed E-state index contributed by atoms with van der Waals surface area (Å²) in [5.74, 6) is 0. The van der Waals surface area contributed by atoms with Crippen LogP contribution in [0.15, 0.2) is 12.1 Å². The first-order valence-corrected chi connectivity index (χ1v) is 5.31. The van der Waals surface area contributed by atoms with E-state index in [1.165, 1.54) is 0 Å². The number of rotatable bonds is 3. The van der Waals surface area contributed by atoms with E-state index in [1.54, 1.807) is 0 Å². The number of piperidine rings is 1. The third-order valence-corrected chi connectivity index (χ3v) is 3.10. The van der Waals surface area contributed by atoms with E-state index in [4.69, 9.17) is 0 Å². The van der Waals surface area contributed by atoms with Crippen molar-refractivity contribution >= 4 is 6.98 Å². The molecule has 0 aromatic heterocycles. The molecule has 6 heteroatoms. The van der Waals surface area contributed by atoms with Crippen molar-refractivity contribution in [1.29, 1.82) is 0 Å². The van der Waals surface area contributed by atoms with E-state index in [0.717, 1.165) is 25.9 Å². The first kappa shape index (κ1) is 17.2. The summed E-state index contributed by atoms with van der Waals surface area (Å²) in [5, 5.41) is 0. The van der Waals surface area contributed by atoms with Crippen LogP contribution in [0.2, 0.25) is 0 Å². The van der Waals surface area contributed by atoms with Gasteiger partial charge >= 0.3 is 58.4 Å². The minimum absolute atomic E-state index is 0. The van der Waals surface area contributed by atoms with Gasteiger partial charge in [-0.25, -0.2) is 0 Å². The number of nitrogens with zero attached hydrogens (tertiary/aromatic N) is 1. The van der Waals surface area contributed by atoms with Gasteiger partial charge in [0.1, 0.15) is 0 Å². The van der Waals surface area contributed by atoms with Crippen LogP contribution in [-0.4, -0.2) is 31.5 Å². The molecule has 1 fully saturated rings. The minimum atomic E-state index is -4.86. The molecule has 1 saturated heterocycles. The first-order chi connectivity index (χ1) is 6.71. The minimum Gasteiger partial charge on any atom is -0.445 e. The number of hydrogen-bond acceptors (Lipinski definition) is 1. The molecule has 0 aromatic carbocycles. The van der Waals surface area contributed by atoms with Crippen molar-refractivity contribution in [3.8, 4) is 0 Å². The van der Waals surface area contributed by atoms with Gasteiger partial charge in [-0.15, -0.1) is 12.1 Å². The Morgan fingerprint density at radius 3 is 2.06 bits per heavy atom. The van der Waals surface area contributed by atoms with Crippen molar-refractivity contribution in [2.24, 2.45) is 5.41 Å². The maximum atomic E-state index is 12.3. The monoisotopic (exact) mass is 259 g/mol. The second-order valence-corrected chi connectivity index (χ2v) is 5.17. The zero-order valence-corrected chi connectivity index (χ0v) is 13.5. The van der Waals surface area contributed by atoms with Gasteiger partial charge in [0.05, 0.1) is 0 Å². The van der Waals surface area contributed by atoms with E-state index >= 15 is 0 Å². The summed E-state index contributed by atoms with van der Waals surface area (Å²) >= 11 is 0. The van der Waals surface area contributed by atoms with Crippen LogP contribution >= 0.6 is 0 Å². The Bertz CT molecular complexity index is 243. The van der Waals surface area contributed by atoms with Gasteiger partial charge in [-0.2, -0.15) is 0 Å². The van der Waals surface area contributed by atoms with Crippen LogP contribution in [-0.2, 0) is 0 Å². The third kappa shape index (κ3) is 5.69. The predicted octanol–water partition coefficient (Wildman–Crippen LogP) is 0.0552. The smallest absolute Gasteiger partial charge is 0.445 e. The zero-order chi connectivity index (χ0) is 11.7. The average molecular weight is 259 g/mol. The van der Waals surface area contributed by atoms with Crippen molar-refractivity contribution < 1.29 is 64.3 Å². The Balaban J connectivity index is 0.00000225. The van der Waals surface area contributed by atoms with Gasteiger partial charge in [0.25, 0.3) is 0 Å². The van der Waals surface area contributed by atoms with Crippen LogP contribution in [0.25, 0.3) is 0 Å². The molecule has 1 heterocycles. The molecule has 16 heavy (non-hydrogen) atoms. The molecule has 0 N–H and O–H groups in total. The molecule has 0 radical (unpaired) electrons. The van der Waals surface area contributed by atoms with Crippen LogP contribution in [0, 0.1) is 5.41 Å². The van der Waals surface area contributed by atoms with E-state index in [2.05, 4.69) is 20.4 Å². The Labute approximate surface area is 138 Å². The predicted molar refractivity (Wildman–Crippen MR) is 57.7 cm³/mol. The van der Waals surface area contributed by atoms with E-state index in [1.807, 2.05) is 4.90 Å². The van der Waals surface area contributed by atoms with Gasteiger partial charge in [-0.3, -0.25) is 0 Å². The summed E-state index contributed by atoms with van der Waals surface area (Å²) in [4.78, 5) is 1.85. The zero-order valence-electron chi connectivity index (χ0n) is 10.4. The van der Waals surface area contributed by atoms with Crippen LogP contribution < -0.4 is 51.4 Å². The summed E-state index contributed by atoms with van der Waals surface area (Å²) in [7, 11) is 0. The van der Waals surface area contributed by atoms with Crippen LogP contribution in [0.1, 0.15) is 26.7 Å².